The third-order valence-corrected chi connectivity index (χ3v) is 3.05. The monoisotopic (exact) mass is 274 g/mol. The molecule has 0 spiro atoms. The van der Waals surface area contributed by atoms with Crippen LogP contribution >= 0.6 is 0 Å². The predicted octanol–water partition coefficient (Wildman–Crippen LogP) is 3.21. The molecule has 1 N–H and O–H groups in total. The molecule has 2 rings (SSSR count). The summed E-state index contributed by atoms with van der Waals surface area (Å²) in [4.78, 5) is 10.8. The first-order valence-corrected chi connectivity index (χ1v) is 5.89. The van der Waals surface area contributed by atoms with Crippen molar-refractivity contribution in [2.24, 2.45) is 5.92 Å². The minimum Gasteiger partial charge on any atom is -0.493 e. The Kier molecular flexibility index (Phi) is 3.68. The predicted molar refractivity (Wildman–Crippen MR) is 61.1 cm³/mol. The highest BCUT2D eigenvalue weighted by atomic mass is 19.4. The van der Waals surface area contributed by atoms with Crippen molar-refractivity contribution in [2.75, 3.05) is 6.61 Å². The van der Waals surface area contributed by atoms with Gasteiger partial charge >= 0.3 is 12.1 Å². The van der Waals surface area contributed by atoms with Crippen molar-refractivity contribution < 1.29 is 27.8 Å². The Bertz CT molecular complexity index is 470. The number of carbonyl (C=O) groups is 1. The van der Waals surface area contributed by atoms with Crippen molar-refractivity contribution in [2.45, 2.75) is 24.9 Å². The van der Waals surface area contributed by atoms with Crippen LogP contribution in [0.3, 0.4) is 0 Å². The Balaban J connectivity index is 1.91. The highest BCUT2D eigenvalue weighted by Crippen LogP contribution is 2.48. The standard InChI is InChI=1S/C13H13F3O3/c14-13(15,16)4-5-19-9-3-1-2-8(6-9)10-7-11(10)12(17)18/h1-3,6,10-11H,4-5,7H2,(H,17,18). The smallest absolute Gasteiger partial charge is 0.392 e. The van der Waals surface area contributed by atoms with Gasteiger partial charge in [-0.15, -0.1) is 0 Å². The van der Waals surface area contributed by atoms with Crippen molar-refractivity contribution in [1.29, 1.82) is 0 Å². The molecule has 19 heavy (non-hydrogen) atoms. The van der Waals surface area contributed by atoms with Crippen molar-refractivity contribution in [3.63, 3.8) is 0 Å². The summed E-state index contributed by atoms with van der Waals surface area (Å²) < 4.78 is 40.9. The third kappa shape index (κ3) is 3.87. The highest BCUT2D eigenvalue weighted by molar-refractivity contribution is 5.75. The van der Waals surface area contributed by atoms with Crippen LogP contribution in [0, 0.1) is 5.92 Å². The topological polar surface area (TPSA) is 46.5 Å². The van der Waals surface area contributed by atoms with E-state index in [2.05, 4.69) is 0 Å². The first kappa shape index (κ1) is 13.7. The third-order valence-electron chi connectivity index (χ3n) is 3.05. The van der Waals surface area contributed by atoms with Gasteiger partial charge in [0.1, 0.15) is 5.75 Å². The number of carboxylic acid groups (broad SMARTS) is 1. The van der Waals surface area contributed by atoms with E-state index in [0.29, 0.717) is 12.2 Å². The Morgan fingerprint density at radius 1 is 1.42 bits per heavy atom. The fourth-order valence-corrected chi connectivity index (χ4v) is 1.96. The molecule has 0 radical (unpaired) electrons. The lowest BCUT2D eigenvalue weighted by molar-refractivity contribution is -0.140. The molecule has 1 aliphatic rings. The molecule has 2 atom stereocenters. The fraction of sp³-hybridized carbons (Fsp3) is 0.462. The molecule has 3 nitrogen and oxygen atoms in total. The molecule has 0 aliphatic heterocycles. The average molecular weight is 274 g/mol. The second-order valence-corrected chi connectivity index (χ2v) is 4.57. The number of aliphatic carboxylic acids is 1. The van der Waals surface area contributed by atoms with Crippen molar-refractivity contribution >= 4 is 5.97 Å². The summed E-state index contributed by atoms with van der Waals surface area (Å²) in [7, 11) is 0. The molecule has 0 bridgehead atoms. The lowest BCUT2D eigenvalue weighted by atomic mass is 10.1. The zero-order valence-electron chi connectivity index (χ0n) is 9.98. The summed E-state index contributed by atoms with van der Waals surface area (Å²) in [5, 5.41) is 8.83. The molecule has 0 aromatic heterocycles. The molecule has 104 valence electrons. The molecule has 0 saturated heterocycles. The first-order chi connectivity index (χ1) is 8.87. The van der Waals surface area contributed by atoms with Crippen LogP contribution in [0.2, 0.25) is 0 Å². The van der Waals surface area contributed by atoms with Crippen LogP contribution in [0.15, 0.2) is 24.3 Å². The van der Waals surface area contributed by atoms with E-state index in [4.69, 9.17) is 9.84 Å². The van der Waals surface area contributed by atoms with E-state index < -0.39 is 25.2 Å². The quantitative estimate of drug-likeness (QED) is 0.896. The maximum Gasteiger partial charge on any atom is 0.392 e. The van der Waals surface area contributed by atoms with Crippen LogP contribution in [0.5, 0.6) is 5.75 Å². The molecular formula is C13H13F3O3. The van der Waals surface area contributed by atoms with Gasteiger partial charge < -0.3 is 9.84 Å². The average Bonchev–Trinajstić information content (AvgIpc) is 3.07. The zero-order valence-corrected chi connectivity index (χ0v) is 9.98. The van der Waals surface area contributed by atoms with Crippen molar-refractivity contribution in [1.82, 2.24) is 0 Å². The van der Waals surface area contributed by atoms with Gasteiger partial charge in [0.05, 0.1) is 18.9 Å². The van der Waals surface area contributed by atoms with E-state index >= 15 is 0 Å². The number of hydrogen-bond acceptors (Lipinski definition) is 2. The van der Waals surface area contributed by atoms with Gasteiger partial charge in [0.2, 0.25) is 0 Å². The minimum absolute atomic E-state index is 0.0522. The largest absolute Gasteiger partial charge is 0.493 e. The Morgan fingerprint density at radius 2 is 2.16 bits per heavy atom. The molecule has 6 heteroatoms. The maximum absolute atomic E-state index is 12.0. The summed E-state index contributed by atoms with van der Waals surface area (Å²) in [6.07, 6.45) is -4.66. The Morgan fingerprint density at radius 3 is 2.74 bits per heavy atom. The summed E-state index contributed by atoms with van der Waals surface area (Å²) in [6.45, 7) is -0.431. The van der Waals surface area contributed by atoms with Crippen LogP contribution in [0.1, 0.15) is 24.3 Å². The highest BCUT2D eigenvalue weighted by Gasteiger charge is 2.44. The summed E-state index contributed by atoms with van der Waals surface area (Å²) in [6, 6.07) is 6.61. The number of halogens is 3. The lowest BCUT2D eigenvalue weighted by Crippen LogP contribution is -2.13. The maximum atomic E-state index is 12.0. The molecule has 1 aromatic rings. The van der Waals surface area contributed by atoms with Gasteiger partial charge in [0.25, 0.3) is 0 Å². The normalized spacial score (nSPS) is 22.1. The SMILES string of the molecule is O=C(O)C1CC1c1cccc(OCCC(F)(F)F)c1. The van der Waals surface area contributed by atoms with Crippen LogP contribution in [0.25, 0.3) is 0 Å². The number of benzene rings is 1. The van der Waals surface area contributed by atoms with Gasteiger partial charge in [-0.2, -0.15) is 13.2 Å². The van der Waals surface area contributed by atoms with Crippen LogP contribution < -0.4 is 4.74 Å². The lowest BCUT2D eigenvalue weighted by Gasteiger charge is -2.09. The van der Waals surface area contributed by atoms with E-state index in [0.717, 1.165) is 5.56 Å². The summed E-state index contributed by atoms with van der Waals surface area (Å²) >= 11 is 0. The fourth-order valence-electron chi connectivity index (χ4n) is 1.96. The molecule has 0 amide bonds. The van der Waals surface area contributed by atoms with Crippen molar-refractivity contribution in [3.05, 3.63) is 29.8 Å². The molecular weight excluding hydrogens is 261 g/mol. The minimum atomic E-state index is -4.23. The first-order valence-electron chi connectivity index (χ1n) is 5.89. The van der Waals surface area contributed by atoms with Gasteiger partial charge in [0, 0.05) is 0 Å². The molecule has 1 saturated carbocycles. The molecule has 0 heterocycles. The van der Waals surface area contributed by atoms with E-state index in [1.165, 1.54) is 0 Å². The Hall–Kier alpha value is -1.72. The number of rotatable bonds is 5. The van der Waals surface area contributed by atoms with Crippen LogP contribution in [-0.4, -0.2) is 23.9 Å². The summed E-state index contributed by atoms with van der Waals surface area (Å²) in [5.41, 5.74) is 0.803. The number of alkyl halides is 3. The van der Waals surface area contributed by atoms with Crippen molar-refractivity contribution in [3.8, 4) is 5.75 Å². The Labute approximate surface area is 108 Å². The van der Waals surface area contributed by atoms with E-state index in [-0.39, 0.29) is 11.8 Å². The molecule has 2 unspecified atom stereocenters. The molecule has 1 fully saturated rings. The van der Waals surface area contributed by atoms with E-state index in [1.807, 2.05) is 0 Å². The zero-order chi connectivity index (χ0) is 14.0. The number of ether oxygens (including phenoxy) is 1. The van der Waals surface area contributed by atoms with Gasteiger partial charge in [-0.05, 0) is 30.0 Å². The second-order valence-electron chi connectivity index (χ2n) is 4.57. The number of carboxylic acids is 1. The molecule has 1 aliphatic carbocycles. The van der Waals surface area contributed by atoms with E-state index in [9.17, 15) is 18.0 Å². The van der Waals surface area contributed by atoms with E-state index in [1.54, 1.807) is 24.3 Å². The molecule has 1 aromatic carbocycles. The van der Waals surface area contributed by atoms with Crippen LogP contribution in [0.4, 0.5) is 13.2 Å². The van der Waals surface area contributed by atoms with Gasteiger partial charge in [-0.25, -0.2) is 0 Å². The van der Waals surface area contributed by atoms with Gasteiger partial charge in [-0.1, -0.05) is 12.1 Å². The number of hydrogen-bond donors (Lipinski definition) is 1. The van der Waals surface area contributed by atoms with Gasteiger partial charge in [0.15, 0.2) is 0 Å². The van der Waals surface area contributed by atoms with Crippen LogP contribution in [-0.2, 0) is 4.79 Å². The second kappa shape index (κ2) is 5.11. The van der Waals surface area contributed by atoms with Gasteiger partial charge in [-0.3, -0.25) is 4.79 Å². The summed E-state index contributed by atoms with van der Waals surface area (Å²) in [5.74, 6) is -0.930.